The zero-order chi connectivity index (χ0) is 19.4. The van der Waals surface area contributed by atoms with Gasteiger partial charge in [-0.15, -0.1) is 12.4 Å². The number of rotatable bonds is 5. The van der Waals surface area contributed by atoms with Crippen LogP contribution in [0.1, 0.15) is 31.7 Å². The fourth-order valence-electron chi connectivity index (χ4n) is 4.21. The minimum absolute atomic E-state index is 0. The minimum atomic E-state index is -0.537. The van der Waals surface area contributed by atoms with E-state index in [1.165, 1.54) is 0 Å². The number of nitrogens with zero attached hydrogens (tertiary/aromatic N) is 2. The van der Waals surface area contributed by atoms with E-state index < -0.39 is 6.10 Å². The number of hydrogen-bond acceptors (Lipinski definition) is 4. The summed E-state index contributed by atoms with van der Waals surface area (Å²) >= 11 is 0. The lowest BCUT2D eigenvalue weighted by Gasteiger charge is -2.37. The van der Waals surface area contributed by atoms with Crippen LogP contribution in [-0.2, 0) is 9.59 Å². The summed E-state index contributed by atoms with van der Waals surface area (Å²) in [5.74, 6) is 1.33. The van der Waals surface area contributed by atoms with Gasteiger partial charge in [0.05, 0.1) is 0 Å². The molecule has 0 spiro atoms. The van der Waals surface area contributed by atoms with Gasteiger partial charge >= 0.3 is 0 Å². The van der Waals surface area contributed by atoms with Gasteiger partial charge in [-0.1, -0.05) is 24.6 Å². The highest BCUT2D eigenvalue weighted by atomic mass is 35.5. The van der Waals surface area contributed by atoms with E-state index in [4.69, 9.17) is 10.5 Å². The minimum Gasteiger partial charge on any atom is -0.481 e. The summed E-state index contributed by atoms with van der Waals surface area (Å²) in [6.07, 6.45) is 2.55. The molecule has 1 saturated carbocycles. The highest BCUT2D eigenvalue weighted by molar-refractivity contribution is 5.85. The molecule has 2 fully saturated rings. The topological polar surface area (TPSA) is 75.9 Å². The van der Waals surface area contributed by atoms with Gasteiger partial charge < -0.3 is 20.3 Å². The summed E-state index contributed by atoms with van der Waals surface area (Å²) < 4.78 is 5.86. The van der Waals surface area contributed by atoms with Gasteiger partial charge in [-0.3, -0.25) is 9.59 Å². The number of aryl methyl sites for hydroxylation is 1. The first-order chi connectivity index (χ1) is 13.0. The van der Waals surface area contributed by atoms with Gasteiger partial charge in [0.15, 0.2) is 6.10 Å². The second kappa shape index (κ2) is 10.1. The van der Waals surface area contributed by atoms with Crippen molar-refractivity contribution >= 4 is 24.2 Å². The van der Waals surface area contributed by atoms with Gasteiger partial charge in [0, 0.05) is 32.1 Å². The molecule has 1 aromatic carbocycles. The second-order valence-electron chi connectivity index (χ2n) is 7.71. The van der Waals surface area contributed by atoms with E-state index in [0.717, 1.165) is 30.6 Å². The lowest BCUT2D eigenvalue weighted by atomic mass is 9.94. The van der Waals surface area contributed by atoms with Crippen LogP contribution in [-0.4, -0.2) is 60.4 Å². The molecule has 0 radical (unpaired) electrons. The Kier molecular flexibility index (Phi) is 8.13. The van der Waals surface area contributed by atoms with E-state index in [-0.39, 0.29) is 30.1 Å². The molecule has 1 aliphatic carbocycles. The summed E-state index contributed by atoms with van der Waals surface area (Å²) in [5.41, 5.74) is 6.84. The molecule has 2 N–H and O–H groups in total. The van der Waals surface area contributed by atoms with Crippen molar-refractivity contribution in [1.29, 1.82) is 0 Å². The average Bonchev–Trinajstić information content (AvgIpc) is 3.17. The summed E-state index contributed by atoms with van der Waals surface area (Å²) in [6, 6.07) is 7.70. The average molecular weight is 410 g/mol. The Morgan fingerprint density at radius 3 is 2.43 bits per heavy atom. The third-order valence-corrected chi connectivity index (χ3v) is 5.93. The third kappa shape index (κ3) is 4.97. The first kappa shape index (κ1) is 22.5. The van der Waals surface area contributed by atoms with E-state index in [0.29, 0.717) is 38.6 Å². The number of ether oxygens (including phenoxy) is 1. The van der Waals surface area contributed by atoms with Crippen LogP contribution in [0.15, 0.2) is 24.3 Å². The quantitative estimate of drug-likeness (QED) is 0.809. The molecule has 1 heterocycles. The first-order valence-corrected chi connectivity index (χ1v) is 10.0. The summed E-state index contributed by atoms with van der Waals surface area (Å²) in [6.45, 7) is 6.65. The maximum Gasteiger partial charge on any atom is 0.263 e. The van der Waals surface area contributed by atoms with Gasteiger partial charge in [0.2, 0.25) is 5.91 Å². The molecule has 3 rings (SSSR count). The molecule has 1 saturated heterocycles. The van der Waals surface area contributed by atoms with Crippen LogP contribution in [0, 0.1) is 18.8 Å². The molecular formula is C21H32ClN3O3. The maximum atomic E-state index is 12.8. The normalized spacial score (nSPS) is 23.1. The number of benzene rings is 1. The molecule has 28 heavy (non-hydrogen) atoms. The van der Waals surface area contributed by atoms with Crippen molar-refractivity contribution in [3.63, 3.8) is 0 Å². The Morgan fingerprint density at radius 1 is 1.14 bits per heavy atom. The Bertz CT molecular complexity index is 677. The molecule has 156 valence electrons. The van der Waals surface area contributed by atoms with Gasteiger partial charge in [0.1, 0.15) is 5.75 Å². The van der Waals surface area contributed by atoms with Crippen molar-refractivity contribution in [2.45, 2.75) is 39.2 Å². The Balaban J connectivity index is 0.00000280. The zero-order valence-corrected chi connectivity index (χ0v) is 17.6. The lowest BCUT2D eigenvalue weighted by Crippen LogP contribution is -2.54. The smallest absolute Gasteiger partial charge is 0.263 e. The van der Waals surface area contributed by atoms with Gasteiger partial charge in [-0.05, 0) is 50.8 Å². The van der Waals surface area contributed by atoms with E-state index >= 15 is 0 Å². The van der Waals surface area contributed by atoms with Crippen LogP contribution in [0.3, 0.4) is 0 Å². The molecule has 0 bridgehead atoms. The van der Waals surface area contributed by atoms with Crippen LogP contribution >= 0.6 is 12.4 Å². The van der Waals surface area contributed by atoms with Crippen LogP contribution < -0.4 is 10.5 Å². The van der Waals surface area contributed by atoms with E-state index in [1.54, 1.807) is 6.92 Å². The highest BCUT2D eigenvalue weighted by Crippen LogP contribution is 2.32. The molecule has 2 amide bonds. The monoisotopic (exact) mass is 409 g/mol. The molecule has 3 atom stereocenters. The van der Waals surface area contributed by atoms with Crippen LogP contribution in [0.2, 0.25) is 0 Å². The molecule has 1 aromatic rings. The van der Waals surface area contributed by atoms with Crippen LogP contribution in [0.25, 0.3) is 0 Å². The van der Waals surface area contributed by atoms with E-state index in [2.05, 4.69) is 0 Å². The molecule has 1 unspecified atom stereocenters. The first-order valence-electron chi connectivity index (χ1n) is 10.0. The Morgan fingerprint density at radius 2 is 1.79 bits per heavy atom. The number of amides is 2. The largest absolute Gasteiger partial charge is 0.481 e. The molecule has 0 aromatic heterocycles. The summed E-state index contributed by atoms with van der Waals surface area (Å²) in [7, 11) is 0. The molecule has 7 heteroatoms. The molecule has 6 nitrogen and oxygen atoms in total. The van der Waals surface area contributed by atoms with Crippen molar-refractivity contribution in [1.82, 2.24) is 9.80 Å². The molecule has 2 aliphatic rings. The highest BCUT2D eigenvalue weighted by Gasteiger charge is 2.36. The predicted molar refractivity (Wildman–Crippen MR) is 112 cm³/mol. The van der Waals surface area contributed by atoms with Crippen molar-refractivity contribution in [2.75, 3.05) is 32.7 Å². The Hall–Kier alpha value is -1.79. The van der Waals surface area contributed by atoms with Crippen molar-refractivity contribution in [3.8, 4) is 5.75 Å². The maximum absolute atomic E-state index is 12.8. The molecule has 1 aliphatic heterocycles. The third-order valence-electron chi connectivity index (χ3n) is 5.93. The number of piperazine rings is 1. The predicted octanol–water partition coefficient (Wildman–Crippen LogP) is 2.23. The molecular weight excluding hydrogens is 378 g/mol. The fraction of sp³-hybridized carbons (Fsp3) is 0.619. The van der Waals surface area contributed by atoms with Crippen molar-refractivity contribution < 1.29 is 14.3 Å². The van der Waals surface area contributed by atoms with E-state index in [9.17, 15) is 9.59 Å². The van der Waals surface area contributed by atoms with Crippen molar-refractivity contribution in [3.05, 3.63) is 29.8 Å². The Labute approximate surface area is 173 Å². The number of hydrogen-bond donors (Lipinski definition) is 1. The number of halogens is 1. The van der Waals surface area contributed by atoms with E-state index in [1.807, 2.05) is 41.0 Å². The fourth-order valence-corrected chi connectivity index (χ4v) is 4.21. The van der Waals surface area contributed by atoms with Gasteiger partial charge in [0.25, 0.3) is 5.91 Å². The van der Waals surface area contributed by atoms with Crippen LogP contribution in [0.5, 0.6) is 5.75 Å². The SMILES string of the molecule is Cc1ccccc1OC(C)C(=O)N1CCN(C(=O)[C@@H]2CCC[C@@H]2CN)CC1.Cl. The number of para-hydroxylation sites is 1. The summed E-state index contributed by atoms with van der Waals surface area (Å²) in [4.78, 5) is 29.2. The number of carbonyl (C=O) groups excluding carboxylic acids is 2. The zero-order valence-electron chi connectivity index (χ0n) is 16.8. The van der Waals surface area contributed by atoms with Crippen LogP contribution in [0.4, 0.5) is 0 Å². The standard InChI is InChI=1S/C21H31N3O3.ClH/c1-15-6-3-4-9-19(15)27-16(2)20(25)23-10-12-24(13-11-23)21(26)18-8-5-7-17(18)14-22;/h3-4,6,9,16-18H,5,7-8,10-14,22H2,1-2H3;1H/t16?,17-,18-;/m1./s1. The van der Waals surface area contributed by atoms with Gasteiger partial charge in [-0.2, -0.15) is 0 Å². The lowest BCUT2D eigenvalue weighted by molar-refractivity contribution is -0.145. The number of nitrogens with two attached hydrogens (primary N) is 1. The van der Waals surface area contributed by atoms with Crippen molar-refractivity contribution in [2.24, 2.45) is 17.6 Å². The summed E-state index contributed by atoms with van der Waals surface area (Å²) in [5, 5.41) is 0. The van der Waals surface area contributed by atoms with Gasteiger partial charge in [-0.25, -0.2) is 0 Å². The number of carbonyl (C=O) groups is 2. The second-order valence-corrected chi connectivity index (χ2v) is 7.71.